The highest BCUT2D eigenvalue weighted by atomic mass is 16.4. The number of hydrogen-bond donors (Lipinski definition) is 0. The molecule has 0 spiro atoms. The second-order valence-electron chi connectivity index (χ2n) is 7.70. The largest absolute Gasteiger partial charge is 0.421 e. The third-order valence-corrected chi connectivity index (χ3v) is 5.14. The van der Waals surface area contributed by atoms with E-state index in [0.29, 0.717) is 5.89 Å². The number of nitrogens with zero attached hydrogens (tertiary/aromatic N) is 2. The van der Waals surface area contributed by atoms with Crippen LogP contribution in [0.4, 0.5) is 0 Å². The summed E-state index contributed by atoms with van der Waals surface area (Å²) in [4.78, 5) is 0. The fraction of sp³-hybridized carbons (Fsp3) is 0.600. The van der Waals surface area contributed by atoms with Gasteiger partial charge in [-0.2, -0.15) is 0 Å². The first kappa shape index (κ1) is 22.4. The van der Waals surface area contributed by atoms with E-state index in [1.807, 2.05) is 30.3 Å². The smallest absolute Gasteiger partial charge is 0.247 e. The number of aromatic nitrogens is 2. The average Bonchev–Trinajstić information content (AvgIpc) is 3.20. The molecule has 0 aliphatic heterocycles. The van der Waals surface area contributed by atoms with Crippen LogP contribution in [0.5, 0.6) is 0 Å². The van der Waals surface area contributed by atoms with Crippen molar-refractivity contribution >= 4 is 0 Å². The Bertz CT molecular complexity index is 633. The monoisotopic (exact) mass is 382 g/mol. The van der Waals surface area contributed by atoms with Crippen LogP contribution in [0.15, 0.2) is 46.9 Å². The quantitative estimate of drug-likeness (QED) is 0.218. The van der Waals surface area contributed by atoms with Gasteiger partial charge in [-0.25, -0.2) is 0 Å². The van der Waals surface area contributed by atoms with Crippen LogP contribution in [-0.2, 0) is 6.42 Å². The first-order valence-corrected chi connectivity index (χ1v) is 11.4. The average molecular weight is 383 g/mol. The maximum atomic E-state index is 5.76. The molecule has 0 N–H and O–H groups in total. The molecule has 0 atom stereocenters. The number of rotatable bonds is 16. The highest BCUT2D eigenvalue weighted by Gasteiger charge is 2.07. The van der Waals surface area contributed by atoms with Crippen molar-refractivity contribution in [2.45, 2.75) is 96.8 Å². The summed E-state index contributed by atoms with van der Waals surface area (Å²) in [5, 5.41) is 8.32. The van der Waals surface area contributed by atoms with Crippen LogP contribution in [0.1, 0.15) is 96.3 Å². The second kappa shape index (κ2) is 15.1. The molecule has 3 heteroatoms. The highest BCUT2D eigenvalue weighted by Crippen LogP contribution is 2.18. The van der Waals surface area contributed by atoms with Crippen molar-refractivity contribution in [3.05, 3.63) is 48.4 Å². The molecular formula is C25H38N2O. The van der Waals surface area contributed by atoms with Crippen LogP contribution in [0.3, 0.4) is 0 Å². The Morgan fingerprint density at radius 2 is 1.32 bits per heavy atom. The molecule has 0 unspecified atom stereocenters. The van der Waals surface area contributed by atoms with E-state index < -0.39 is 0 Å². The molecule has 0 fully saturated rings. The van der Waals surface area contributed by atoms with E-state index >= 15 is 0 Å². The van der Waals surface area contributed by atoms with Gasteiger partial charge in [-0.1, -0.05) is 88.6 Å². The van der Waals surface area contributed by atoms with E-state index in [1.165, 1.54) is 77.0 Å². The molecule has 1 aromatic heterocycles. The second-order valence-corrected chi connectivity index (χ2v) is 7.70. The number of allylic oxidation sites excluding steroid dienone is 2. The lowest BCUT2D eigenvalue weighted by Gasteiger charge is -1.99. The van der Waals surface area contributed by atoms with Gasteiger partial charge in [0.1, 0.15) is 0 Å². The SMILES string of the molecule is CCCCCCCC/C=C/CCCCCCCc1nnc(-c2ccccc2)o1. The first-order valence-electron chi connectivity index (χ1n) is 11.4. The Morgan fingerprint density at radius 3 is 2.00 bits per heavy atom. The minimum atomic E-state index is 0.628. The molecule has 0 amide bonds. The van der Waals surface area contributed by atoms with Crippen molar-refractivity contribution in [1.82, 2.24) is 10.2 Å². The Morgan fingerprint density at radius 1 is 0.714 bits per heavy atom. The van der Waals surface area contributed by atoms with Gasteiger partial charge in [0.05, 0.1) is 0 Å². The van der Waals surface area contributed by atoms with Crippen LogP contribution in [0.2, 0.25) is 0 Å². The Labute approximate surface area is 171 Å². The standard InChI is InChI=1S/C25H38N2O/c1-2-3-4-5-6-7-8-9-10-11-12-13-14-15-19-22-24-26-27-25(28-24)23-20-17-16-18-21-23/h9-10,16-18,20-21H,2-8,11-15,19,22H2,1H3/b10-9+. The summed E-state index contributed by atoms with van der Waals surface area (Å²) in [5.41, 5.74) is 0.991. The molecule has 3 nitrogen and oxygen atoms in total. The van der Waals surface area contributed by atoms with Crippen LogP contribution in [-0.4, -0.2) is 10.2 Å². The summed E-state index contributed by atoms with van der Waals surface area (Å²) in [6.45, 7) is 2.28. The fourth-order valence-electron chi connectivity index (χ4n) is 3.40. The van der Waals surface area contributed by atoms with Crippen molar-refractivity contribution < 1.29 is 4.42 Å². The van der Waals surface area contributed by atoms with Crippen molar-refractivity contribution in [3.8, 4) is 11.5 Å². The molecule has 1 heterocycles. The zero-order chi connectivity index (χ0) is 19.7. The Kier molecular flexibility index (Phi) is 12.1. The van der Waals surface area contributed by atoms with Gasteiger partial charge in [-0.05, 0) is 44.2 Å². The third kappa shape index (κ3) is 9.87. The third-order valence-electron chi connectivity index (χ3n) is 5.14. The Balaban J connectivity index is 1.41. The summed E-state index contributed by atoms with van der Waals surface area (Å²) in [7, 11) is 0. The lowest BCUT2D eigenvalue weighted by atomic mass is 10.1. The van der Waals surface area contributed by atoms with Crippen LogP contribution in [0, 0.1) is 0 Å². The Hall–Kier alpha value is -1.90. The van der Waals surface area contributed by atoms with Gasteiger partial charge in [0.2, 0.25) is 11.8 Å². The van der Waals surface area contributed by atoms with Gasteiger partial charge in [0.25, 0.3) is 0 Å². The highest BCUT2D eigenvalue weighted by molar-refractivity contribution is 5.51. The van der Waals surface area contributed by atoms with Crippen LogP contribution in [0.25, 0.3) is 11.5 Å². The zero-order valence-corrected chi connectivity index (χ0v) is 17.7. The minimum absolute atomic E-state index is 0.628. The van der Waals surface area contributed by atoms with Gasteiger partial charge >= 0.3 is 0 Å². The maximum absolute atomic E-state index is 5.76. The van der Waals surface area contributed by atoms with Gasteiger partial charge in [0, 0.05) is 12.0 Å². The molecule has 0 saturated heterocycles. The topological polar surface area (TPSA) is 38.9 Å². The number of benzene rings is 1. The van der Waals surface area contributed by atoms with Crippen molar-refractivity contribution in [2.24, 2.45) is 0 Å². The zero-order valence-electron chi connectivity index (χ0n) is 17.7. The van der Waals surface area contributed by atoms with Gasteiger partial charge in [0.15, 0.2) is 0 Å². The normalized spacial score (nSPS) is 11.5. The van der Waals surface area contributed by atoms with Gasteiger partial charge < -0.3 is 4.42 Å². The molecule has 28 heavy (non-hydrogen) atoms. The number of unbranched alkanes of at least 4 members (excludes halogenated alkanes) is 11. The van der Waals surface area contributed by atoms with Crippen molar-refractivity contribution in [2.75, 3.05) is 0 Å². The molecule has 0 aliphatic carbocycles. The van der Waals surface area contributed by atoms with Crippen molar-refractivity contribution in [1.29, 1.82) is 0 Å². The van der Waals surface area contributed by atoms with Gasteiger partial charge in [-0.15, -0.1) is 10.2 Å². The van der Waals surface area contributed by atoms with Gasteiger partial charge in [-0.3, -0.25) is 0 Å². The lowest BCUT2D eigenvalue weighted by Crippen LogP contribution is -1.86. The van der Waals surface area contributed by atoms with E-state index in [9.17, 15) is 0 Å². The molecule has 0 radical (unpaired) electrons. The lowest BCUT2D eigenvalue weighted by molar-refractivity contribution is 0.487. The summed E-state index contributed by atoms with van der Waals surface area (Å²) in [6, 6.07) is 9.97. The van der Waals surface area contributed by atoms with Crippen molar-refractivity contribution in [3.63, 3.8) is 0 Å². The number of aryl methyl sites for hydroxylation is 1. The summed E-state index contributed by atoms with van der Waals surface area (Å²) in [5.74, 6) is 1.39. The summed E-state index contributed by atoms with van der Waals surface area (Å²) < 4.78 is 5.76. The molecular weight excluding hydrogens is 344 g/mol. The maximum Gasteiger partial charge on any atom is 0.247 e. The predicted octanol–water partition coefficient (Wildman–Crippen LogP) is 7.93. The fourth-order valence-corrected chi connectivity index (χ4v) is 3.40. The first-order chi connectivity index (χ1) is 13.9. The number of hydrogen-bond acceptors (Lipinski definition) is 3. The molecule has 1 aromatic carbocycles. The predicted molar refractivity (Wildman–Crippen MR) is 118 cm³/mol. The summed E-state index contributed by atoms with van der Waals surface area (Å²) in [6.07, 6.45) is 22.8. The van der Waals surface area contributed by atoms with Crippen LogP contribution < -0.4 is 0 Å². The van der Waals surface area contributed by atoms with E-state index in [-0.39, 0.29) is 0 Å². The molecule has 0 saturated carbocycles. The van der Waals surface area contributed by atoms with E-state index in [2.05, 4.69) is 29.3 Å². The minimum Gasteiger partial charge on any atom is -0.421 e. The van der Waals surface area contributed by atoms with E-state index in [0.717, 1.165) is 24.3 Å². The van der Waals surface area contributed by atoms with E-state index in [1.54, 1.807) is 0 Å². The van der Waals surface area contributed by atoms with Crippen LogP contribution >= 0.6 is 0 Å². The molecule has 0 aliphatic rings. The molecule has 0 bridgehead atoms. The molecule has 2 rings (SSSR count). The summed E-state index contributed by atoms with van der Waals surface area (Å²) >= 11 is 0. The van der Waals surface area contributed by atoms with E-state index in [4.69, 9.17) is 4.42 Å². The molecule has 2 aromatic rings. The molecule has 154 valence electrons.